The molecule has 2 amide bonds. The normalized spacial score (nSPS) is 23.0. The molecule has 2 saturated heterocycles. The fourth-order valence-corrected chi connectivity index (χ4v) is 3.34. The van der Waals surface area contributed by atoms with Gasteiger partial charge in [0.25, 0.3) is 0 Å². The minimum atomic E-state index is 0.0666. The lowest BCUT2D eigenvalue weighted by Gasteiger charge is -2.32. The number of carbonyl (C=O) groups excluding carboxylic acids is 1. The van der Waals surface area contributed by atoms with Crippen LogP contribution in [0.15, 0.2) is 0 Å². The first-order chi connectivity index (χ1) is 10.2. The Morgan fingerprint density at radius 1 is 1.19 bits per heavy atom. The van der Waals surface area contributed by atoms with Gasteiger partial charge in [0.15, 0.2) is 0 Å². The zero-order chi connectivity index (χ0) is 15.1. The monoisotopic (exact) mass is 297 g/mol. The lowest BCUT2D eigenvalue weighted by molar-refractivity contribution is 0.135. The number of amides is 2. The quantitative estimate of drug-likeness (QED) is 0.809. The molecule has 2 heterocycles. The molecule has 2 fully saturated rings. The van der Waals surface area contributed by atoms with E-state index in [4.69, 9.17) is 5.11 Å². The summed E-state index contributed by atoms with van der Waals surface area (Å²) in [7, 11) is 0. The summed E-state index contributed by atoms with van der Waals surface area (Å²) in [4.78, 5) is 16.5. The first kappa shape index (κ1) is 16.6. The molecule has 1 unspecified atom stereocenters. The summed E-state index contributed by atoms with van der Waals surface area (Å²) in [6.45, 7) is 8.30. The molecule has 2 aliphatic rings. The van der Waals surface area contributed by atoms with E-state index in [1.54, 1.807) is 0 Å². The smallest absolute Gasteiger partial charge is 0.317 e. The molecule has 0 aliphatic carbocycles. The Hall–Kier alpha value is -0.810. The van der Waals surface area contributed by atoms with Crippen molar-refractivity contribution in [3.05, 3.63) is 0 Å². The van der Waals surface area contributed by atoms with Crippen molar-refractivity contribution in [1.82, 2.24) is 15.1 Å². The lowest BCUT2D eigenvalue weighted by Crippen LogP contribution is -2.46. The molecule has 5 nitrogen and oxygen atoms in total. The maximum Gasteiger partial charge on any atom is 0.317 e. The molecule has 5 heteroatoms. The van der Waals surface area contributed by atoms with Crippen LogP contribution in [0.25, 0.3) is 0 Å². The third-order valence-electron chi connectivity index (χ3n) is 4.78. The number of nitrogens with zero attached hydrogens (tertiary/aromatic N) is 2. The second-order valence-electron chi connectivity index (χ2n) is 6.77. The summed E-state index contributed by atoms with van der Waals surface area (Å²) < 4.78 is 0. The van der Waals surface area contributed by atoms with Gasteiger partial charge in [-0.25, -0.2) is 4.79 Å². The molecular formula is C16H31N3O2. The predicted molar refractivity (Wildman–Crippen MR) is 84.2 cm³/mol. The minimum absolute atomic E-state index is 0.0666. The Balaban J connectivity index is 1.61. The number of rotatable bonds is 5. The SMILES string of the molecule is CC(CNC(=O)N1CCC(CO)CC1)CN1CCCCC1. The van der Waals surface area contributed by atoms with Gasteiger partial charge in [-0.1, -0.05) is 13.3 Å². The molecule has 0 spiro atoms. The maximum atomic E-state index is 12.1. The predicted octanol–water partition coefficient (Wildman–Crippen LogP) is 1.52. The van der Waals surface area contributed by atoms with Gasteiger partial charge < -0.3 is 20.2 Å². The highest BCUT2D eigenvalue weighted by molar-refractivity contribution is 5.74. The Bertz CT molecular complexity index is 311. The standard InChI is InChI=1S/C16H31N3O2/c1-14(12-18-7-3-2-4-8-18)11-17-16(21)19-9-5-15(13-20)6-10-19/h14-15,20H,2-13H2,1H3,(H,17,21). The molecule has 21 heavy (non-hydrogen) atoms. The zero-order valence-corrected chi connectivity index (χ0v) is 13.4. The van der Waals surface area contributed by atoms with Crippen LogP contribution in [0.5, 0.6) is 0 Å². The third-order valence-corrected chi connectivity index (χ3v) is 4.78. The van der Waals surface area contributed by atoms with Gasteiger partial charge in [0, 0.05) is 32.8 Å². The number of aliphatic hydroxyl groups excluding tert-OH is 1. The average molecular weight is 297 g/mol. The molecule has 122 valence electrons. The summed E-state index contributed by atoms with van der Waals surface area (Å²) in [6.07, 6.45) is 5.85. The van der Waals surface area contributed by atoms with Gasteiger partial charge >= 0.3 is 6.03 Å². The lowest BCUT2D eigenvalue weighted by atomic mass is 9.98. The van der Waals surface area contributed by atoms with Crippen molar-refractivity contribution in [1.29, 1.82) is 0 Å². The van der Waals surface area contributed by atoms with E-state index in [0.717, 1.165) is 39.0 Å². The van der Waals surface area contributed by atoms with Crippen molar-refractivity contribution in [2.75, 3.05) is 45.9 Å². The highest BCUT2D eigenvalue weighted by Gasteiger charge is 2.22. The minimum Gasteiger partial charge on any atom is -0.396 e. The Morgan fingerprint density at radius 2 is 1.86 bits per heavy atom. The highest BCUT2D eigenvalue weighted by atomic mass is 16.3. The molecule has 0 aromatic carbocycles. The van der Waals surface area contributed by atoms with E-state index >= 15 is 0 Å². The highest BCUT2D eigenvalue weighted by Crippen LogP contribution is 2.16. The topological polar surface area (TPSA) is 55.8 Å². The summed E-state index contributed by atoms with van der Waals surface area (Å²) >= 11 is 0. The van der Waals surface area contributed by atoms with Crippen LogP contribution in [0, 0.1) is 11.8 Å². The summed E-state index contributed by atoms with van der Waals surface area (Å²) in [6, 6.07) is 0.0666. The van der Waals surface area contributed by atoms with E-state index < -0.39 is 0 Å². The molecule has 0 aromatic rings. The Kier molecular flexibility index (Phi) is 6.77. The zero-order valence-electron chi connectivity index (χ0n) is 13.4. The number of aliphatic hydroxyl groups is 1. The van der Waals surface area contributed by atoms with Crippen LogP contribution in [0.3, 0.4) is 0 Å². The van der Waals surface area contributed by atoms with Gasteiger partial charge in [0.2, 0.25) is 0 Å². The van der Waals surface area contributed by atoms with Crippen molar-refractivity contribution in [2.24, 2.45) is 11.8 Å². The summed E-state index contributed by atoms with van der Waals surface area (Å²) in [5.41, 5.74) is 0. The molecule has 0 radical (unpaired) electrons. The molecule has 0 bridgehead atoms. The van der Waals surface area contributed by atoms with Gasteiger partial charge in [0.05, 0.1) is 0 Å². The van der Waals surface area contributed by atoms with Crippen molar-refractivity contribution < 1.29 is 9.90 Å². The molecular weight excluding hydrogens is 266 g/mol. The van der Waals surface area contributed by atoms with Crippen LogP contribution >= 0.6 is 0 Å². The Labute approximate surface area is 128 Å². The summed E-state index contributed by atoms with van der Waals surface area (Å²) in [5, 5.41) is 12.2. The van der Waals surface area contributed by atoms with E-state index in [1.165, 1.54) is 32.4 Å². The van der Waals surface area contributed by atoms with Crippen molar-refractivity contribution >= 4 is 6.03 Å². The van der Waals surface area contributed by atoms with Crippen LogP contribution in [0.4, 0.5) is 4.79 Å². The van der Waals surface area contributed by atoms with Crippen molar-refractivity contribution in [3.63, 3.8) is 0 Å². The van der Waals surface area contributed by atoms with Crippen LogP contribution in [-0.4, -0.2) is 66.8 Å². The number of urea groups is 1. The molecule has 0 saturated carbocycles. The maximum absolute atomic E-state index is 12.1. The van der Waals surface area contributed by atoms with Gasteiger partial charge in [-0.05, 0) is 50.6 Å². The van der Waals surface area contributed by atoms with Gasteiger partial charge in [0.1, 0.15) is 0 Å². The first-order valence-electron chi connectivity index (χ1n) is 8.55. The van der Waals surface area contributed by atoms with Gasteiger partial charge in [-0.15, -0.1) is 0 Å². The number of carbonyl (C=O) groups is 1. The van der Waals surface area contributed by atoms with Gasteiger partial charge in [-0.2, -0.15) is 0 Å². The number of nitrogens with one attached hydrogen (secondary N) is 1. The van der Waals surface area contributed by atoms with Crippen molar-refractivity contribution in [2.45, 2.75) is 39.0 Å². The molecule has 2 N–H and O–H groups in total. The second-order valence-corrected chi connectivity index (χ2v) is 6.77. The fraction of sp³-hybridized carbons (Fsp3) is 0.938. The third kappa shape index (κ3) is 5.47. The molecule has 1 atom stereocenters. The largest absolute Gasteiger partial charge is 0.396 e. The molecule has 0 aromatic heterocycles. The van der Waals surface area contributed by atoms with E-state index in [1.807, 2.05) is 4.90 Å². The van der Waals surface area contributed by atoms with E-state index in [0.29, 0.717) is 11.8 Å². The van der Waals surface area contributed by atoms with E-state index in [-0.39, 0.29) is 12.6 Å². The van der Waals surface area contributed by atoms with E-state index in [2.05, 4.69) is 17.1 Å². The number of piperidine rings is 2. The Morgan fingerprint density at radius 3 is 2.48 bits per heavy atom. The fourth-order valence-electron chi connectivity index (χ4n) is 3.34. The second kappa shape index (κ2) is 8.59. The first-order valence-corrected chi connectivity index (χ1v) is 8.55. The van der Waals surface area contributed by atoms with Crippen LogP contribution in [0.2, 0.25) is 0 Å². The average Bonchev–Trinajstić information content (AvgIpc) is 2.53. The van der Waals surface area contributed by atoms with Crippen LogP contribution in [0.1, 0.15) is 39.0 Å². The van der Waals surface area contributed by atoms with Crippen LogP contribution < -0.4 is 5.32 Å². The number of hydrogen-bond acceptors (Lipinski definition) is 3. The van der Waals surface area contributed by atoms with Crippen LogP contribution in [-0.2, 0) is 0 Å². The van der Waals surface area contributed by atoms with Gasteiger partial charge in [-0.3, -0.25) is 0 Å². The molecule has 2 rings (SSSR count). The van der Waals surface area contributed by atoms with Crippen molar-refractivity contribution in [3.8, 4) is 0 Å². The molecule has 2 aliphatic heterocycles. The summed E-state index contributed by atoms with van der Waals surface area (Å²) in [5.74, 6) is 0.883. The van der Waals surface area contributed by atoms with E-state index in [9.17, 15) is 4.79 Å². The number of hydrogen-bond donors (Lipinski definition) is 2. The number of likely N-dealkylation sites (tertiary alicyclic amines) is 2.